The van der Waals surface area contributed by atoms with Crippen LogP contribution in [0.2, 0.25) is 0 Å². The minimum absolute atomic E-state index is 0.0486. The molecular weight excluding hydrogens is 1110 g/mol. The molecule has 0 radical (unpaired) electrons. The first-order valence-electron chi connectivity index (χ1n) is 24.2. The molecule has 3 rings (SSSR count). The average Bonchev–Trinajstić information content (AvgIpc) is 3.95. The van der Waals surface area contributed by atoms with Crippen molar-refractivity contribution in [2.45, 2.75) is 119 Å². The van der Waals surface area contributed by atoms with E-state index in [1.54, 1.807) is 6.26 Å². The van der Waals surface area contributed by atoms with Crippen LogP contribution in [0, 0.1) is 0 Å². The van der Waals surface area contributed by atoms with Crippen molar-refractivity contribution in [3.05, 3.63) is 18.9 Å². The van der Waals surface area contributed by atoms with Gasteiger partial charge < -0.3 is 84.7 Å². The Hall–Kier alpha value is -7.22. The molecule has 1 saturated heterocycles. The number of fused-ring (bicyclic) bond motifs is 1. The van der Waals surface area contributed by atoms with Gasteiger partial charge in [0.1, 0.15) is 72.5 Å². The van der Waals surface area contributed by atoms with E-state index >= 15 is 0 Å². The maximum atomic E-state index is 13.6. The van der Waals surface area contributed by atoms with Crippen molar-refractivity contribution in [1.82, 2.24) is 62.1 Å². The molecule has 3 heterocycles. The van der Waals surface area contributed by atoms with E-state index in [0.29, 0.717) is 17.7 Å². The molecule has 0 saturated carbocycles. The van der Waals surface area contributed by atoms with Gasteiger partial charge in [-0.05, 0) is 51.5 Å². The number of carboxylic acids is 1. The van der Waals surface area contributed by atoms with Crippen molar-refractivity contribution < 1.29 is 91.3 Å². The molecule has 20 N–H and O–H groups in total. The lowest BCUT2D eigenvalue weighted by atomic mass is 10.1. The van der Waals surface area contributed by atoms with E-state index in [2.05, 4.69) is 62.5 Å². The molecule has 38 heteroatoms. The summed E-state index contributed by atoms with van der Waals surface area (Å²) in [6, 6.07) is -9.18. The number of carboxylic acid groups (broad SMARTS) is 1. The van der Waals surface area contributed by atoms with Gasteiger partial charge in [-0.1, -0.05) is 0 Å². The van der Waals surface area contributed by atoms with Crippen molar-refractivity contribution in [3.63, 3.8) is 0 Å². The Balaban J connectivity index is 1.49. The number of aliphatic carboxylic acids is 1. The minimum Gasteiger partial charge on any atom is -0.480 e. The number of amides is 9. The number of thioether (sulfide) groups is 1. The molecule has 0 aliphatic carbocycles. The molecule has 2 aromatic rings. The minimum atomic E-state index is -4.78. The number of guanidine groups is 1. The summed E-state index contributed by atoms with van der Waals surface area (Å²) >= 11 is 1.40. The molecule has 12 atom stereocenters. The lowest BCUT2D eigenvalue weighted by molar-refractivity contribution is -0.144. The largest absolute Gasteiger partial charge is 0.480 e. The number of aliphatic imine (C=N–C) groups is 1. The lowest BCUT2D eigenvalue weighted by Gasteiger charge is -2.27. The molecule has 9 amide bonds. The second-order valence-electron chi connectivity index (χ2n) is 17.5. The van der Waals surface area contributed by atoms with Gasteiger partial charge in [0.15, 0.2) is 17.8 Å². The maximum absolute atomic E-state index is 13.6. The zero-order chi connectivity index (χ0) is 59.7. The van der Waals surface area contributed by atoms with Crippen molar-refractivity contribution in [1.29, 1.82) is 0 Å². The van der Waals surface area contributed by atoms with Crippen LogP contribution in [0.5, 0.6) is 0 Å². The van der Waals surface area contributed by atoms with Gasteiger partial charge in [0.05, 0.1) is 45.1 Å². The van der Waals surface area contributed by atoms with E-state index < -0.39 is 161 Å². The van der Waals surface area contributed by atoms with Crippen molar-refractivity contribution in [3.8, 4) is 0 Å². The van der Waals surface area contributed by atoms with Gasteiger partial charge in [-0.25, -0.2) is 30.2 Å². The summed E-state index contributed by atoms with van der Waals surface area (Å²) < 4.78 is 29.4. The first-order chi connectivity index (χ1) is 37.8. The summed E-state index contributed by atoms with van der Waals surface area (Å²) in [6.45, 7) is 0.135. The number of carbonyl (C=O) groups excluding carboxylic acids is 9. The summed E-state index contributed by atoms with van der Waals surface area (Å²) in [5.74, 6) is -4.22. The molecule has 2 aromatic heterocycles. The molecule has 12 unspecified atom stereocenters. The Morgan fingerprint density at radius 2 is 1.54 bits per heavy atom. The van der Waals surface area contributed by atoms with Crippen LogP contribution in [0.15, 0.2) is 23.8 Å². The van der Waals surface area contributed by atoms with Crippen LogP contribution >= 0.6 is 19.6 Å². The molecule has 1 fully saturated rings. The van der Waals surface area contributed by atoms with Crippen molar-refractivity contribution >= 4 is 96.3 Å². The van der Waals surface area contributed by atoms with Crippen molar-refractivity contribution in [2.75, 3.05) is 44.9 Å². The molecule has 36 nitrogen and oxygen atoms in total. The number of aliphatic hydroxyl groups is 2. The number of ether oxygens (including phenoxy) is 1. The van der Waals surface area contributed by atoms with Gasteiger partial charge in [-0.2, -0.15) is 11.8 Å². The highest BCUT2D eigenvalue weighted by Crippen LogP contribution is 2.44. The van der Waals surface area contributed by atoms with Crippen LogP contribution in [0.1, 0.15) is 58.6 Å². The molecule has 0 bridgehead atoms. The van der Waals surface area contributed by atoms with E-state index in [1.807, 2.05) is 0 Å². The lowest BCUT2D eigenvalue weighted by Crippen LogP contribution is -2.60. The summed E-state index contributed by atoms with van der Waals surface area (Å²) in [5.41, 5.74) is 16.7. The van der Waals surface area contributed by atoms with Gasteiger partial charge in [0.25, 0.3) is 0 Å². The van der Waals surface area contributed by atoms with E-state index in [9.17, 15) is 72.7 Å². The number of rotatable bonds is 37. The van der Waals surface area contributed by atoms with E-state index in [4.69, 9.17) is 41.7 Å². The van der Waals surface area contributed by atoms with Crippen molar-refractivity contribution in [2.24, 2.45) is 28.1 Å². The van der Waals surface area contributed by atoms with Crippen LogP contribution in [0.25, 0.3) is 11.2 Å². The summed E-state index contributed by atoms with van der Waals surface area (Å²) in [6.07, 6.45) is -2.20. The normalized spacial score (nSPS) is 19.2. The number of aromatic nitrogens is 4. The fourth-order valence-electron chi connectivity index (χ4n) is 7.21. The van der Waals surface area contributed by atoms with Gasteiger partial charge in [0, 0.05) is 13.1 Å². The highest BCUT2D eigenvalue weighted by Gasteiger charge is 2.45. The van der Waals surface area contributed by atoms with Gasteiger partial charge >= 0.3 is 13.8 Å². The fraction of sp³-hybridized carbons (Fsp3) is 0.619. The Kier molecular flexibility index (Phi) is 28.0. The Labute approximate surface area is 459 Å². The second kappa shape index (κ2) is 33.4. The molecule has 80 heavy (non-hydrogen) atoms. The molecular formula is C42H68N17O19PS. The fourth-order valence-corrected chi connectivity index (χ4v) is 8.45. The second-order valence-corrected chi connectivity index (χ2v) is 20.0. The maximum Gasteiger partial charge on any atom is 0.472 e. The number of phosphoric acid groups is 1. The van der Waals surface area contributed by atoms with Gasteiger partial charge in [-0.3, -0.25) is 66.6 Å². The Bertz CT molecular complexity index is 2550. The number of hydrogen-bond acceptors (Lipinski definition) is 23. The van der Waals surface area contributed by atoms with Crippen LogP contribution in [-0.2, 0) is 71.1 Å². The number of nitrogens with one attached hydrogen (secondary N) is 8. The number of primary amides is 1. The predicted octanol–water partition coefficient (Wildman–Crippen LogP) is -7.80. The molecule has 1 aliphatic heterocycles. The smallest absolute Gasteiger partial charge is 0.472 e. The van der Waals surface area contributed by atoms with E-state index in [1.165, 1.54) is 42.1 Å². The predicted molar refractivity (Wildman–Crippen MR) is 276 cm³/mol. The molecule has 0 spiro atoms. The van der Waals surface area contributed by atoms with Gasteiger partial charge in [-0.15, -0.1) is 0 Å². The Morgan fingerprint density at radius 3 is 2.19 bits per heavy atom. The average molecular weight is 1180 g/mol. The quantitative estimate of drug-likeness (QED) is 0.00746. The van der Waals surface area contributed by atoms with Gasteiger partial charge in [0.2, 0.25) is 53.7 Å². The number of phosphoric ester groups is 1. The molecule has 1 aliphatic rings. The monoisotopic (exact) mass is 1180 g/mol. The third-order valence-corrected chi connectivity index (χ3v) is 13.1. The SMILES string of the molecule is CSCCC(NC=O)C(=O)NC(CCCN=C(N)N)C(=O)NC(C(=O)NCC(=O)NC(CC(N)=O)C(=O)NC(C)C(=O)NC(CC(=O)NCCCOP(=O)(O)OCC1OC(n2cnc3ncncc32)C(O)C1O)C(=O)O)C(C)ON. The summed E-state index contributed by atoms with van der Waals surface area (Å²) in [4.78, 5) is 158. The first kappa shape index (κ1) is 67.1. The highest BCUT2D eigenvalue weighted by molar-refractivity contribution is 7.98. The molecule has 446 valence electrons. The van der Waals surface area contributed by atoms with Crippen LogP contribution < -0.4 is 65.6 Å². The number of nitrogens with two attached hydrogens (primary N) is 4. The number of hydrogen-bond donors (Lipinski definition) is 16. The number of nitrogens with zero attached hydrogens (tertiary/aromatic N) is 5. The summed E-state index contributed by atoms with van der Waals surface area (Å²) in [7, 11) is -4.78. The molecule has 0 aromatic carbocycles. The first-order valence-corrected chi connectivity index (χ1v) is 27.1. The zero-order valence-electron chi connectivity index (χ0n) is 43.5. The Morgan fingerprint density at radius 1 is 0.850 bits per heavy atom. The van der Waals surface area contributed by atoms with Crippen LogP contribution in [-0.4, -0.2) is 211 Å². The van der Waals surface area contributed by atoms with E-state index in [0.717, 1.165) is 6.92 Å². The van der Waals surface area contributed by atoms with Crippen LogP contribution in [0.4, 0.5) is 0 Å². The zero-order valence-corrected chi connectivity index (χ0v) is 45.2. The topological polar surface area (TPSA) is 562 Å². The third-order valence-electron chi connectivity index (χ3n) is 11.4. The number of imidazole rings is 1. The number of carbonyl (C=O) groups is 10. The standard InChI is InChI=1S/C42H68N17O19PS/c1-20(35(66)57-25(41(71)72)13-29(62)48-9-5-10-75-79(73,74)76-16-27-32(64)33(65)40(77-27)59-18-52-34-26(59)14-47-17-51-34)54-38(69)24(12-28(43)61)55-30(63)15-50-39(70)31(21(2)78-46)58-37(68)23(6-4-8-49-42(44)45)56-36(67)22(53-19-60)7-11-80-3/h14,17-25,27,31-33,40,64-65H,4-13,15-16,46H2,1-3H3,(H2,43,61)(H,48,62)(H,50,70)(H,53,60)(H,54,69)(H,55,63)(H,56,67)(H,57,66)(H,58,68)(H,71,72)(H,73,74)(H4,44,45,49). The number of aliphatic hydroxyl groups excluding tert-OH is 2. The third kappa shape index (κ3) is 22.1. The summed E-state index contributed by atoms with van der Waals surface area (Å²) in [5, 5.41) is 49.1. The van der Waals surface area contributed by atoms with Crippen LogP contribution in [0.3, 0.4) is 0 Å². The highest BCUT2D eigenvalue weighted by atomic mass is 32.2. The van der Waals surface area contributed by atoms with E-state index in [-0.39, 0.29) is 50.4 Å².